The van der Waals surface area contributed by atoms with Gasteiger partial charge in [0.2, 0.25) is 23.6 Å². The maximum atomic E-state index is 13.3. The third-order valence-corrected chi connectivity index (χ3v) is 23.7. The molecule has 0 aliphatic carbocycles. The molecule has 39 nitrogen and oxygen atoms in total. The summed E-state index contributed by atoms with van der Waals surface area (Å²) in [5.74, 6) is -7.85. The van der Waals surface area contributed by atoms with Crippen LogP contribution >= 0.6 is 0 Å². The summed E-state index contributed by atoms with van der Waals surface area (Å²) < 4.78 is 210. The Morgan fingerprint density at radius 3 is 1.08 bits per heavy atom. The number of para-hydroxylation sites is 6. The number of Topliss-reactive ketones (excluding diaryl/α,β-unsaturated/α-hetero) is 2. The molecular weight excluding hydrogens is 2030 g/mol. The molecule has 53 heteroatoms. The molecule has 0 bridgehead atoms. The smallest absolute Gasteiger partial charge is 0.754 e. The van der Waals surface area contributed by atoms with Gasteiger partial charge in [-0.2, -0.15) is 95.6 Å². The van der Waals surface area contributed by atoms with E-state index in [1.54, 1.807) is 139 Å². The average molecular weight is 2100 g/mol. The quantitative estimate of drug-likeness (QED) is 0.0370. The van der Waals surface area contributed by atoms with E-state index in [-0.39, 0.29) is 284 Å². The van der Waals surface area contributed by atoms with E-state index in [0.29, 0.717) is 64.6 Å². The van der Waals surface area contributed by atoms with Gasteiger partial charge in [0.25, 0.3) is 23.6 Å². The van der Waals surface area contributed by atoms with Crippen LogP contribution in [-0.4, -0.2) is 185 Å². The molecule has 6 aliphatic heterocycles. The largest absolute Gasteiger partial charge is 1.00 e. The standard InChI is InChI=1S/C22H18N2O5S.C17H15NO5S.C17H14NO2.C16H13N2O5S.C14H15N2O5S.7Na.3O3S/c25-21-19(15-16-9-7-8-14-20(16)30(27,28)29)22(26)24(18-12-5-2-6-13-18)23(21)17-10-3-1-4-11-17;1-18-14-8-4-3-7-12(14)16(19)13(17(18)20)10-11-6-2-5-9-15(11)24(21,22)23;19-16-12-18(14-9-5-2-6-10-14)17(20)15(16)11-13-7-3-1-4-8-13;19-15-12(9-10-5-7-11(8-6-10)24(21,22)23)16(20)18-14-4-2-1-3-13(14)17-15;17-13-12(14(18)16-8-2-1-7-15(13)16)9-10-3-5-11(6-4-10)22(19,20)21;;;;;;;;3*1-4(2)3/h1-14,19H,15H2,(H,27,28,29);2-9,13H,10H2,1H3,(H,21,22,23);1-7,9-10,15H,11-12H2;1-5,7-8,12H,9H2,(H,17,19)(H,18,20)(H,21,22,23);3,5-6,12H,1-2,7-9H2,(H,19,20,21);;;;;;;;;;/q;;3*-1;7*+1;;;/p-4. The first-order valence-electron chi connectivity index (χ1n) is 38.5. The summed E-state index contributed by atoms with van der Waals surface area (Å²) in [7, 11) is -26.3. The van der Waals surface area contributed by atoms with E-state index in [9.17, 15) is 99.8 Å². The summed E-state index contributed by atoms with van der Waals surface area (Å²) in [5.41, 5.74) is 5.93. The predicted molar refractivity (Wildman–Crippen MR) is 458 cm³/mol. The summed E-state index contributed by atoms with van der Waals surface area (Å²) in [5, 5.41) is 10.9. The normalized spacial score (nSPS) is 15.3. The van der Waals surface area contributed by atoms with Crippen molar-refractivity contribution in [3.05, 3.63) is 300 Å². The number of hydrogen-bond donors (Lipinski definition) is 2. The molecule has 2 unspecified atom stereocenters. The van der Waals surface area contributed by atoms with Crippen molar-refractivity contribution >= 4 is 165 Å². The van der Waals surface area contributed by atoms with E-state index >= 15 is 0 Å². The molecule has 16 rings (SSSR count). The summed E-state index contributed by atoms with van der Waals surface area (Å²) in [4.78, 5) is 127. The second-order valence-electron chi connectivity index (χ2n) is 28.5. The number of nitrogens with zero attached hydrogens (tertiary/aromatic N) is 6. The number of carbonyl (C=O) groups is 10. The molecule has 690 valence electrons. The molecule has 0 aromatic heterocycles. The molecule has 2 N–H and O–H groups in total. The van der Waals surface area contributed by atoms with Gasteiger partial charge in [-0.15, -0.1) is 37.9 Å². The minimum Gasteiger partial charge on any atom is -0.754 e. The fourth-order valence-electron chi connectivity index (χ4n) is 14.1. The van der Waals surface area contributed by atoms with Crippen molar-refractivity contribution in [1.29, 1.82) is 0 Å². The maximum Gasteiger partial charge on any atom is 1.00 e. The number of fused-ring (bicyclic) bond motifs is 3. The van der Waals surface area contributed by atoms with Crippen molar-refractivity contribution in [3.8, 4) is 0 Å². The maximum absolute atomic E-state index is 13.3. The molecule has 4 fully saturated rings. The zero-order valence-electron chi connectivity index (χ0n) is 75.3. The van der Waals surface area contributed by atoms with Gasteiger partial charge in [0.15, 0.2) is 11.6 Å². The van der Waals surface area contributed by atoms with Crippen LogP contribution in [0.1, 0.15) is 51.0 Å². The van der Waals surface area contributed by atoms with Crippen molar-refractivity contribution < 1.29 is 345 Å². The third-order valence-electron chi connectivity index (χ3n) is 20.1. The first-order valence-corrected chi connectivity index (χ1v) is 47.2. The van der Waals surface area contributed by atoms with Gasteiger partial charge < -0.3 is 38.6 Å². The SMILES string of the molecule is CN1C(=O)C(Cc2ccccc2S(=O)(=O)[O-])C(=O)c2ccccc21.O=C1C(Cc2[c-]cc(S(=O)(=O)[O-])cc2)C(=O)N2CCCCN12.O=C1C(Cc2ccccc2S(=O)(=O)[O-])C(=O)N(c2ccccc2)N1c1ccccc1.O=C1CN(c2ccccc2)C(=O)C1Cc1[c-]cccc1.O=C1Nc2ccccc2NC(=O)C1Cc1[c-]cc(S(=O)(=O)[O-])cc1.O=S(=O)=O.O=S(=O)=O.O=S(=O)=O.[Na+].[Na+].[Na+].[Na+].[Na+].[Na+].[Na+]. The van der Waals surface area contributed by atoms with Gasteiger partial charge in [-0.25, -0.2) is 26.9 Å². The Bertz CT molecular complexity index is 6730. The van der Waals surface area contributed by atoms with Crippen LogP contribution in [-0.2, 0) is 148 Å². The summed E-state index contributed by atoms with van der Waals surface area (Å²) in [6, 6.07) is 74.6. The van der Waals surface area contributed by atoms with Crippen LogP contribution < -0.4 is 237 Å². The third kappa shape index (κ3) is 36.5. The second kappa shape index (κ2) is 59.3. The number of hydrogen-bond acceptors (Lipinski definition) is 31. The van der Waals surface area contributed by atoms with Crippen LogP contribution in [0, 0.1) is 47.8 Å². The van der Waals surface area contributed by atoms with E-state index in [1.807, 2.05) is 48.5 Å². The number of benzene rings is 10. The van der Waals surface area contributed by atoms with Gasteiger partial charge in [0.1, 0.15) is 49.8 Å². The van der Waals surface area contributed by atoms with Crippen molar-refractivity contribution in [2.45, 2.75) is 64.5 Å². The van der Waals surface area contributed by atoms with Crippen LogP contribution in [0.5, 0.6) is 0 Å². The number of nitrogens with one attached hydrogen (secondary N) is 2. The number of amides is 8. The molecule has 0 spiro atoms. The zero-order chi connectivity index (χ0) is 96.7. The van der Waals surface area contributed by atoms with Crippen molar-refractivity contribution in [2.75, 3.05) is 57.1 Å². The summed E-state index contributed by atoms with van der Waals surface area (Å²) in [6.07, 6.45) is 2.06. The molecule has 4 saturated heterocycles. The minimum atomic E-state index is -4.74. The molecule has 0 saturated carbocycles. The first kappa shape index (κ1) is 128. The van der Waals surface area contributed by atoms with E-state index in [4.69, 9.17) is 37.9 Å². The molecular formula is C86H71N8Na7O31S7. The van der Waals surface area contributed by atoms with E-state index < -0.39 is 146 Å². The van der Waals surface area contributed by atoms with E-state index in [1.165, 1.54) is 79.5 Å². The zero-order valence-corrected chi connectivity index (χ0v) is 95.0. The van der Waals surface area contributed by atoms with Gasteiger partial charge in [-0.1, -0.05) is 125 Å². The Morgan fingerprint density at radius 1 is 0.345 bits per heavy atom. The van der Waals surface area contributed by atoms with Gasteiger partial charge in [0, 0.05) is 31.4 Å². The van der Waals surface area contributed by atoms with Crippen LogP contribution in [0.4, 0.5) is 34.1 Å². The van der Waals surface area contributed by atoms with Crippen molar-refractivity contribution in [2.24, 2.45) is 29.6 Å². The Labute approximate surface area is 958 Å². The minimum absolute atomic E-state index is 0. The fraction of sp³-hybridized carbons (Fsp3) is 0.186. The van der Waals surface area contributed by atoms with E-state index in [2.05, 4.69) is 28.8 Å². The molecule has 10 aromatic carbocycles. The molecule has 2 atom stereocenters. The number of rotatable bonds is 17. The van der Waals surface area contributed by atoms with Crippen molar-refractivity contribution in [1.82, 2.24) is 10.0 Å². The Balaban J connectivity index is 0.000000565. The molecule has 0 radical (unpaired) electrons. The Kier molecular flexibility index (Phi) is 54.5. The monoisotopic (exact) mass is 2100 g/mol. The van der Waals surface area contributed by atoms with Crippen LogP contribution in [0.3, 0.4) is 0 Å². The molecule has 10 aromatic rings. The Morgan fingerprint density at radius 2 is 0.691 bits per heavy atom. The number of carbonyl (C=O) groups excluding carboxylic acids is 10. The first-order chi connectivity index (χ1) is 62.3. The summed E-state index contributed by atoms with van der Waals surface area (Å²) in [6.45, 7) is 1.27. The van der Waals surface area contributed by atoms with Gasteiger partial charge in [-0.05, 0) is 129 Å². The fourth-order valence-corrected chi connectivity index (χ4v) is 16.5. The molecule has 8 amide bonds. The topological polar surface area (TPSA) is 597 Å². The summed E-state index contributed by atoms with van der Waals surface area (Å²) >= 11 is 0. The molecule has 6 heterocycles. The van der Waals surface area contributed by atoms with Crippen LogP contribution in [0.15, 0.2) is 268 Å². The molecule has 139 heavy (non-hydrogen) atoms. The van der Waals surface area contributed by atoms with Gasteiger partial charge in [0.05, 0.1) is 65.0 Å². The van der Waals surface area contributed by atoms with Gasteiger partial charge >= 0.3 is 239 Å². The predicted octanol–water partition coefficient (Wildman–Crippen LogP) is -16.3. The van der Waals surface area contributed by atoms with Crippen LogP contribution in [0.2, 0.25) is 0 Å². The number of hydrazine groups is 2. The molecule has 6 aliphatic rings. The van der Waals surface area contributed by atoms with E-state index in [0.717, 1.165) is 42.3 Å². The van der Waals surface area contributed by atoms with Crippen molar-refractivity contribution in [3.63, 3.8) is 0 Å². The number of anilines is 6. The van der Waals surface area contributed by atoms with Gasteiger partial charge in [-0.3, -0.25) is 74.8 Å². The second-order valence-corrected chi connectivity index (χ2v) is 35.2. The average Bonchev–Trinajstić information content (AvgIpc) is 0.804. The number of ketones is 2. The Hall–Kier alpha value is -7.20. The van der Waals surface area contributed by atoms with Crippen LogP contribution in [0.25, 0.3) is 0 Å².